The zero-order valence-corrected chi connectivity index (χ0v) is 21.0. The summed E-state index contributed by atoms with van der Waals surface area (Å²) in [7, 11) is 1.65. The first-order valence-electron chi connectivity index (χ1n) is 11.8. The quantitative estimate of drug-likeness (QED) is 0.386. The molecule has 182 valence electrons. The minimum Gasteiger partial charge on any atom is -0.496 e. The van der Waals surface area contributed by atoms with Gasteiger partial charge in [-0.05, 0) is 66.1 Å². The summed E-state index contributed by atoms with van der Waals surface area (Å²) >= 11 is 5.98. The molecule has 0 aromatic heterocycles. The molecule has 0 spiro atoms. The lowest BCUT2D eigenvalue weighted by atomic mass is 10.1. The van der Waals surface area contributed by atoms with Crippen LogP contribution in [-0.2, 0) is 17.9 Å². The van der Waals surface area contributed by atoms with Crippen LogP contribution in [0.3, 0.4) is 0 Å². The predicted octanol–water partition coefficient (Wildman–Crippen LogP) is 5.59. The van der Waals surface area contributed by atoms with E-state index in [0.29, 0.717) is 6.61 Å². The number of carbonyl (C=O) groups excluding carboxylic acids is 1. The van der Waals surface area contributed by atoms with Gasteiger partial charge in [-0.25, -0.2) is 0 Å². The number of methoxy groups -OCH3 is 1. The monoisotopic (exact) mass is 490 g/mol. The highest BCUT2D eigenvalue weighted by atomic mass is 35.5. The molecule has 0 atom stereocenters. The second-order valence-corrected chi connectivity index (χ2v) is 9.17. The summed E-state index contributed by atoms with van der Waals surface area (Å²) < 4.78 is 11.5. The summed E-state index contributed by atoms with van der Waals surface area (Å²) in [5, 5.41) is 0.749. The third-order valence-electron chi connectivity index (χ3n) is 6.11. The van der Waals surface area contributed by atoms with Gasteiger partial charge in [0.05, 0.1) is 7.11 Å². The standard InChI is InChI=1S/C29H31ClN2O3/c1-22-4-3-5-27(18-22)35-21-25-19-23(8-12-28(25)34-2)9-13-29(33)32-16-14-31(15-17-32)20-24-6-10-26(30)11-7-24/h3-13,18-19H,14-17,20-21H2,1-2H3/b13-9+. The minimum atomic E-state index is 0.0320. The van der Waals surface area contributed by atoms with E-state index in [4.69, 9.17) is 21.1 Å². The third kappa shape index (κ3) is 7.10. The molecule has 0 radical (unpaired) electrons. The van der Waals surface area contributed by atoms with Crippen molar-refractivity contribution in [3.8, 4) is 11.5 Å². The van der Waals surface area contributed by atoms with Crippen LogP contribution in [0, 0.1) is 6.92 Å². The van der Waals surface area contributed by atoms with Gasteiger partial charge in [0.2, 0.25) is 5.91 Å². The first-order valence-corrected chi connectivity index (χ1v) is 12.2. The van der Waals surface area contributed by atoms with Crippen molar-refractivity contribution in [3.63, 3.8) is 0 Å². The molecule has 3 aromatic rings. The fourth-order valence-electron chi connectivity index (χ4n) is 4.13. The fourth-order valence-corrected chi connectivity index (χ4v) is 4.25. The van der Waals surface area contributed by atoms with Crippen LogP contribution in [0.25, 0.3) is 6.08 Å². The SMILES string of the molecule is COc1ccc(/C=C/C(=O)N2CCN(Cc3ccc(Cl)cc3)CC2)cc1COc1cccc(C)c1. The van der Waals surface area contributed by atoms with Crippen molar-refractivity contribution in [2.75, 3.05) is 33.3 Å². The van der Waals surface area contributed by atoms with E-state index >= 15 is 0 Å². The van der Waals surface area contributed by atoms with E-state index in [1.165, 1.54) is 5.56 Å². The largest absolute Gasteiger partial charge is 0.496 e. The van der Waals surface area contributed by atoms with E-state index in [0.717, 1.165) is 65.9 Å². The van der Waals surface area contributed by atoms with E-state index in [2.05, 4.69) is 17.0 Å². The number of hydrogen-bond acceptors (Lipinski definition) is 4. The Morgan fingerprint density at radius 2 is 1.77 bits per heavy atom. The number of aryl methyl sites for hydroxylation is 1. The second kappa shape index (κ2) is 11.9. The number of ether oxygens (including phenoxy) is 2. The van der Waals surface area contributed by atoms with Gasteiger partial charge in [-0.1, -0.05) is 41.9 Å². The van der Waals surface area contributed by atoms with E-state index in [1.54, 1.807) is 13.2 Å². The molecule has 1 aliphatic rings. The number of nitrogens with zero attached hydrogens (tertiary/aromatic N) is 2. The lowest BCUT2D eigenvalue weighted by Crippen LogP contribution is -2.47. The number of amides is 1. The third-order valence-corrected chi connectivity index (χ3v) is 6.36. The van der Waals surface area contributed by atoms with Crippen molar-refractivity contribution in [2.24, 2.45) is 0 Å². The number of hydrogen-bond donors (Lipinski definition) is 0. The van der Waals surface area contributed by atoms with Crippen LogP contribution < -0.4 is 9.47 Å². The average Bonchev–Trinajstić information content (AvgIpc) is 2.88. The molecule has 4 rings (SSSR count). The van der Waals surface area contributed by atoms with Gasteiger partial charge in [0, 0.05) is 49.4 Å². The molecule has 0 bridgehead atoms. The zero-order valence-electron chi connectivity index (χ0n) is 20.2. The summed E-state index contributed by atoms with van der Waals surface area (Å²) in [6, 6.07) is 21.8. The van der Waals surface area contributed by atoms with Crippen LogP contribution in [0.15, 0.2) is 72.8 Å². The van der Waals surface area contributed by atoms with E-state index in [1.807, 2.05) is 72.5 Å². The molecule has 0 N–H and O–H groups in total. The highest BCUT2D eigenvalue weighted by Gasteiger charge is 2.19. The number of carbonyl (C=O) groups is 1. The first-order chi connectivity index (χ1) is 17.0. The molecule has 1 saturated heterocycles. The van der Waals surface area contributed by atoms with Crippen LogP contribution in [0.5, 0.6) is 11.5 Å². The molecule has 3 aromatic carbocycles. The summed E-state index contributed by atoms with van der Waals surface area (Å²) in [4.78, 5) is 17.0. The maximum absolute atomic E-state index is 12.8. The normalized spacial score (nSPS) is 14.3. The first kappa shape index (κ1) is 24.8. The van der Waals surface area contributed by atoms with Gasteiger partial charge < -0.3 is 14.4 Å². The molecular weight excluding hydrogens is 460 g/mol. The molecule has 0 saturated carbocycles. The summed E-state index contributed by atoms with van der Waals surface area (Å²) in [6.07, 6.45) is 3.51. The van der Waals surface area contributed by atoms with Crippen LogP contribution in [0.1, 0.15) is 22.3 Å². The number of rotatable bonds is 8. The molecule has 0 unspecified atom stereocenters. The summed E-state index contributed by atoms with van der Waals surface area (Å²) in [5.74, 6) is 1.61. The molecule has 5 nitrogen and oxygen atoms in total. The number of halogens is 1. The Morgan fingerprint density at radius 1 is 1.00 bits per heavy atom. The van der Waals surface area contributed by atoms with E-state index in [9.17, 15) is 4.79 Å². The Hall–Kier alpha value is -3.28. The molecule has 1 amide bonds. The smallest absolute Gasteiger partial charge is 0.246 e. The van der Waals surface area contributed by atoms with Gasteiger partial charge in [-0.15, -0.1) is 0 Å². The van der Waals surface area contributed by atoms with Crippen molar-refractivity contribution in [3.05, 3.63) is 100 Å². The van der Waals surface area contributed by atoms with Gasteiger partial charge >= 0.3 is 0 Å². The van der Waals surface area contributed by atoms with Crippen LogP contribution in [-0.4, -0.2) is 49.0 Å². The Morgan fingerprint density at radius 3 is 2.49 bits per heavy atom. The predicted molar refractivity (Wildman–Crippen MR) is 141 cm³/mol. The molecule has 1 fully saturated rings. The molecule has 0 aliphatic carbocycles. The zero-order chi connectivity index (χ0) is 24.6. The van der Waals surface area contributed by atoms with Gasteiger partial charge in [0.25, 0.3) is 0 Å². The number of benzene rings is 3. The highest BCUT2D eigenvalue weighted by Crippen LogP contribution is 2.23. The maximum atomic E-state index is 12.8. The molecule has 1 aliphatic heterocycles. The van der Waals surface area contributed by atoms with Gasteiger partial charge in [-0.3, -0.25) is 9.69 Å². The molecule has 1 heterocycles. The van der Waals surface area contributed by atoms with Crippen LogP contribution in [0.2, 0.25) is 5.02 Å². The molecule has 35 heavy (non-hydrogen) atoms. The Kier molecular flexibility index (Phi) is 8.45. The van der Waals surface area contributed by atoms with Gasteiger partial charge in [0.1, 0.15) is 18.1 Å². The van der Waals surface area contributed by atoms with E-state index in [-0.39, 0.29) is 5.91 Å². The molecular formula is C29H31ClN2O3. The molecule has 6 heteroatoms. The van der Waals surface area contributed by atoms with Crippen molar-refractivity contribution in [1.29, 1.82) is 0 Å². The maximum Gasteiger partial charge on any atom is 0.246 e. The summed E-state index contributed by atoms with van der Waals surface area (Å²) in [5.41, 5.74) is 4.24. The lowest BCUT2D eigenvalue weighted by Gasteiger charge is -2.34. The van der Waals surface area contributed by atoms with Gasteiger partial charge in [0.15, 0.2) is 0 Å². The van der Waals surface area contributed by atoms with E-state index < -0.39 is 0 Å². The highest BCUT2D eigenvalue weighted by molar-refractivity contribution is 6.30. The Labute approximate surface area is 212 Å². The second-order valence-electron chi connectivity index (χ2n) is 8.74. The topological polar surface area (TPSA) is 42.0 Å². The number of piperazine rings is 1. The fraction of sp³-hybridized carbons (Fsp3) is 0.276. The van der Waals surface area contributed by atoms with Crippen LogP contribution >= 0.6 is 11.6 Å². The summed E-state index contributed by atoms with van der Waals surface area (Å²) in [6.45, 7) is 6.43. The van der Waals surface area contributed by atoms with Crippen LogP contribution in [0.4, 0.5) is 0 Å². The van der Waals surface area contributed by atoms with Crippen molar-refractivity contribution >= 4 is 23.6 Å². The average molecular weight is 491 g/mol. The van der Waals surface area contributed by atoms with Crippen molar-refractivity contribution < 1.29 is 14.3 Å². The Balaban J connectivity index is 1.32. The minimum absolute atomic E-state index is 0.0320. The Bertz CT molecular complexity index is 1170. The van der Waals surface area contributed by atoms with Gasteiger partial charge in [-0.2, -0.15) is 0 Å². The van der Waals surface area contributed by atoms with Crippen molar-refractivity contribution in [1.82, 2.24) is 9.80 Å². The van der Waals surface area contributed by atoms with Crippen molar-refractivity contribution in [2.45, 2.75) is 20.1 Å². The lowest BCUT2D eigenvalue weighted by molar-refractivity contribution is -0.127.